The number of H-pyrrole nitrogens is 2. The number of aryl methyl sites for hydroxylation is 1. The first-order valence-corrected chi connectivity index (χ1v) is 12.7. The van der Waals surface area contributed by atoms with Crippen molar-refractivity contribution in [2.75, 3.05) is 13.7 Å². The van der Waals surface area contributed by atoms with Crippen molar-refractivity contribution in [1.82, 2.24) is 9.97 Å². The van der Waals surface area contributed by atoms with Crippen LogP contribution < -0.4 is 4.74 Å². The summed E-state index contributed by atoms with van der Waals surface area (Å²) in [5, 5.41) is 32.0. The number of aromatic nitrogens is 2. The number of aromatic amines is 2. The van der Waals surface area contributed by atoms with Crippen molar-refractivity contribution in [2.24, 2.45) is 0 Å². The molecule has 5 aromatic rings. The zero-order valence-electron chi connectivity index (χ0n) is 21.0. The van der Waals surface area contributed by atoms with Gasteiger partial charge in [0.1, 0.15) is 21.3 Å². The molecule has 0 aliphatic rings. The number of aliphatic hydroxyl groups excluding tert-OH is 1. The maximum absolute atomic E-state index is 13.8. The van der Waals surface area contributed by atoms with Crippen molar-refractivity contribution in [3.63, 3.8) is 0 Å². The molecule has 0 aliphatic carbocycles. The molecule has 0 fully saturated rings. The number of carboxylic acids is 1. The molecule has 3 aromatic heterocycles. The van der Waals surface area contributed by atoms with Gasteiger partial charge >= 0.3 is 5.97 Å². The van der Waals surface area contributed by atoms with E-state index in [-0.39, 0.29) is 27.7 Å². The van der Waals surface area contributed by atoms with Crippen LogP contribution >= 0.6 is 11.3 Å². The molecule has 194 valence electrons. The minimum absolute atomic E-state index is 0.0292. The number of aliphatic hydroxyl groups is 1. The Morgan fingerprint density at radius 3 is 2.61 bits per heavy atom. The first-order valence-electron chi connectivity index (χ1n) is 11.9. The van der Waals surface area contributed by atoms with Crippen LogP contribution in [0.3, 0.4) is 0 Å². The molecule has 2 aromatic carbocycles. The second kappa shape index (κ2) is 9.85. The van der Waals surface area contributed by atoms with E-state index in [0.29, 0.717) is 34.1 Å². The Kier molecular flexibility index (Phi) is 6.56. The largest absolute Gasteiger partial charge is 0.506 e. The lowest BCUT2D eigenvalue weighted by Gasteiger charge is -2.06. The van der Waals surface area contributed by atoms with Gasteiger partial charge in [-0.2, -0.15) is 0 Å². The van der Waals surface area contributed by atoms with Gasteiger partial charge in [-0.25, -0.2) is 4.79 Å². The van der Waals surface area contributed by atoms with Gasteiger partial charge in [-0.1, -0.05) is 23.8 Å². The third-order valence-corrected chi connectivity index (χ3v) is 7.90. The summed E-state index contributed by atoms with van der Waals surface area (Å²) in [6.45, 7) is 3.71. The van der Waals surface area contributed by atoms with Crippen LogP contribution in [0.25, 0.3) is 32.9 Å². The molecular formula is C29H26N2O6S. The Hall–Kier alpha value is -4.34. The predicted molar refractivity (Wildman–Crippen MR) is 148 cm³/mol. The smallest absolute Gasteiger partial charge is 0.346 e. The summed E-state index contributed by atoms with van der Waals surface area (Å²) < 4.78 is 5.32. The Labute approximate surface area is 221 Å². The van der Waals surface area contributed by atoms with E-state index in [9.17, 15) is 24.9 Å². The minimum atomic E-state index is -1.24. The summed E-state index contributed by atoms with van der Waals surface area (Å²) in [6, 6.07) is 9.22. The van der Waals surface area contributed by atoms with Crippen LogP contribution in [-0.2, 0) is 6.42 Å². The van der Waals surface area contributed by atoms with Gasteiger partial charge in [0.25, 0.3) is 0 Å². The topological polar surface area (TPSA) is 136 Å². The molecular weight excluding hydrogens is 504 g/mol. The van der Waals surface area contributed by atoms with Crippen LogP contribution in [0.5, 0.6) is 11.5 Å². The van der Waals surface area contributed by atoms with E-state index in [2.05, 4.69) is 9.97 Å². The van der Waals surface area contributed by atoms with Gasteiger partial charge in [0.2, 0.25) is 5.78 Å². The highest BCUT2D eigenvalue weighted by atomic mass is 32.1. The fourth-order valence-electron chi connectivity index (χ4n) is 4.71. The van der Waals surface area contributed by atoms with Gasteiger partial charge in [-0.15, -0.1) is 11.3 Å². The van der Waals surface area contributed by atoms with E-state index >= 15 is 0 Å². The van der Waals surface area contributed by atoms with Gasteiger partial charge in [-0.3, -0.25) is 4.79 Å². The Bertz CT molecular complexity index is 1750. The maximum atomic E-state index is 13.8. The maximum Gasteiger partial charge on any atom is 0.346 e. The van der Waals surface area contributed by atoms with E-state index in [1.165, 1.54) is 7.11 Å². The van der Waals surface area contributed by atoms with Gasteiger partial charge < -0.3 is 30.0 Å². The number of methoxy groups -OCH3 is 1. The summed E-state index contributed by atoms with van der Waals surface area (Å²) in [5.74, 6) is -1.49. The van der Waals surface area contributed by atoms with Gasteiger partial charge in [0.15, 0.2) is 0 Å². The summed E-state index contributed by atoms with van der Waals surface area (Å²) in [4.78, 5) is 32.2. The molecule has 0 bridgehead atoms. The number of carboxylic acid groups (broad SMARTS) is 1. The summed E-state index contributed by atoms with van der Waals surface area (Å²) in [5.41, 5.74) is 5.09. The molecule has 0 saturated carbocycles. The molecule has 3 heterocycles. The number of aromatic hydroxyl groups is 1. The number of carbonyl (C=O) groups is 2. The molecule has 0 unspecified atom stereocenters. The molecule has 0 atom stereocenters. The Morgan fingerprint density at radius 2 is 1.89 bits per heavy atom. The van der Waals surface area contributed by atoms with Crippen LogP contribution in [0.2, 0.25) is 0 Å². The molecule has 0 saturated heterocycles. The number of allylic oxidation sites excluding steroid dienone is 1. The number of fused-ring (bicyclic) bond motifs is 2. The zero-order chi connectivity index (χ0) is 27.1. The summed E-state index contributed by atoms with van der Waals surface area (Å²) >= 11 is 0.758. The van der Waals surface area contributed by atoms with E-state index in [4.69, 9.17) is 4.74 Å². The molecule has 0 radical (unpaired) electrons. The van der Waals surface area contributed by atoms with Crippen LogP contribution in [0.15, 0.2) is 54.4 Å². The molecule has 9 heteroatoms. The number of aromatic carboxylic acids is 1. The van der Waals surface area contributed by atoms with Crippen molar-refractivity contribution in [2.45, 2.75) is 20.3 Å². The summed E-state index contributed by atoms with van der Waals surface area (Å²) in [7, 11) is 1.54. The van der Waals surface area contributed by atoms with Crippen LogP contribution in [0.1, 0.15) is 43.0 Å². The fraction of sp³-hybridized carbons (Fsp3) is 0.172. The Morgan fingerprint density at radius 1 is 1.11 bits per heavy atom. The lowest BCUT2D eigenvalue weighted by molar-refractivity contribution is 0.0702. The van der Waals surface area contributed by atoms with Crippen LogP contribution in [-0.4, -0.2) is 50.8 Å². The van der Waals surface area contributed by atoms with Crippen molar-refractivity contribution >= 4 is 44.9 Å². The third kappa shape index (κ3) is 4.15. The number of rotatable bonds is 8. The number of ether oxygens (including phenoxy) is 1. The van der Waals surface area contributed by atoms with Crippen molar-refractivity contribution < 1.29 is 29.6 Å². The average molecular weight is 531 g/mol. The lowest BCUT2D eigenvalue weighted by atomic mass is 9.98. The Balaban J connectivity index is 1.65. The molecule has 0 aliphatic heterocycles. The van der Waals surface area contributed by atoms with E-state index < -0.39 is 11.8 Å². The number of hydrogen-bond acceptors (Lipinski definition) is 6. The molecule has 8 nitrogen and oxygen atoms in total. The van der Waals surface area contributed by atoms with Crippen molar-refractivity contribution in [3.05, 3.63) is 80.8 Å². The highest BCUT2D eigenvalue weighted by molar-refractivity contribution is 7.17. The van der Waals surface area contributed by atoms with Crippen LogP contribution in [0, 0.1) is 6.92 Å². The number of hydrogen-bond donors (Lipinski definition) is 5. The second-order valence-electron chi connectivity index (χ2n) is 9.14. The monoisotopic (exact) mass is 530 g/mol. The first-order chi connectivity index (χ1) is 18.2. The van der Waals surface area contributed by atoms with Gasteiger partial charge in [0.05, 0.1) is 19.3 Å². The molecule has 38 heavy (non-hydrogen) atoms. The third-order valence-electron chi connectivity index (χ3n) is 6.74. The van der Waals surface area contributed by atoms with Gasteiger partial charge in [0, 0.05) is 45.3 Å². The fourth-order valence-corrected chi connectivity index (χ4v) is 5.71. The normalized spacial score (nSPS) is 11.9. The van der Waals surface area contributed by atoms with Crippen molar-refractivity contribution in [1.29, 1.82) is 0 Å². The second-order valence-corrected chi connectivity index (χ2v) is 10.2. The first kappa shape index (κ1) is 25.3. The lowest BCUT2D eigenvalue weighted by Crippen LogP contribution is -1.99. The average Bonchev–Trinajstić information content (AvgIpc) is 3.63. The standard InChI is InChI=1S/C29H26N2O6S/c1-14(13-32)4-6-16-7-5-15(2)22-20(12-31-24(16)22)25(33)28-26(34)23(27(38-28)29(35)36)19-11-30-21-9-8-17(37-3)10-18(19)21/h4-5,7-12,30-32,34H,6,13H2,1-3H3,(H,35,36)/b14-4+. The SMILES string of the molecule is COc1ccc2[nH]cc(-c3c(C(=O)O)sc(C(=O)c4c[nH]c5c(C/C=C(\C)CO)ccc(C)c45)c3O)c2c1. The number of thiophene rings is 1. The molecule has 5 rings (SSSR count). The van der Waals surface area contributed by atoms with Crippen molar-refractivity contribution in [3.8, 4) is 22.6 Å². The number of nitrogens with one attached hydrogen (secondary N) is 2. The quantitative estimate of drug-likeness (QED) is 0.127. The van der Waals surface area contributed by atoms with Crippen LogP contribution in [0.4, 0.5) is 0 Å². The zero-order valence-corrected chi connectivity index (χ0v) is 21.8. The molecule has 0 spiro atoms. The molecule has 0 amide bonds. The summed E-state index contributed by atoms with van der Waals surface area (Å²) in [6.07, 6.45) is 5.72. The van der Waals surface area contributed by atoms with Gasteiger partial charge in [-0.05, 0) is 49.6 Å². The predicted octanol–water partition coefficient (Wildman–Crippen LogP) is 5.81. The number of ketones is 1. The number of benzene rings is 2. The highest BCUT2D eigenvalue weighted by Crippen LogP contribution is 2.46. The number of carbonyl (C=O) groups excluding carboxylic acids is 1. The van der Waals surface area contributed by atoms with E-state index in [1.807, 2.05) is 32.1 Å². The van der Waals surface area contributed by atoms with E-state index in [1.54, 1.807) is 30.6 Å². The highest BCUT2D eigenvalue weighted by Gasteiger charge is 2.30. The minimum Gasteiger partial charge on any atom is -0.506 e. The van der Waals surface area contributed by atoms with E-state index in [0.717, 1.165) is 39.1 Å². The molecule has 5 N–H and O–H groups in total.